The molecule has 148 valence electrons. The summed E-state index contributed by atoms with van der Waals surface area (Å²) in [5, 5.41) is 6.99. The van der Waals surface area contributed by atoms with Gasteiger partial charge in [0.25, 0.3) is 5.91 Å². The van der Waals surface area contributed by atoms with E-state index < -0.39 is 0 Å². The van der Waals surface area contributed by atoms with Crippen LogP contribution < -0.4 is 10.6 Å². The second-order valence-electron chi connectivity index (χ2n) is 7.22. The van der Waals surface area contributed by atoms with Crippen molar-refractivity contribution in [1.29, 1.82) is 0 Å². The molecule has 3 rings (SSSR count). The standard InChI is InChI=1S/C21H27N5OS/c1-14(2)26(15(3)4)12-11-23-20(27)16-8-9-17-18(13-16)28-21(24-17)25-19-7-5-6-10-22-19/h5-10,13-15H,11-12H2,1-4H3,(H,23,27)(H,22,24,25). The molecule has 2 aromatic heterocycles. The molecule has 3 aromatic rings. The minimum Gasteiger partial charge on any atom is -0.351 e. The van der Waals surface area contributed by atoms with Gasteiger partial charge < -0.3 is 10.6 Å². The number of aromatic nitrogens is 2. The van der Waals surface area contributed by atoms with Gasteiger partial charge in [-0.3, -0.25) is 9.69 Å². The summed E-state index contributed by atoms with van der Waals surface area (Å²) in [7, 11) is 0. The second kappa shape index (κ2) is 9.12. The van der Waals surface area contributed by atoms with Gasteiger partial charge in [0, 0.05) is 36.9 Å². The molecule has 1 amide bonds. The Labute approximate surface area is 170 Å². The number of amides is 1. The van der Waals surface area contributed by atoms with Gasteiger partial charge in [0.2, 0.25) is 0 Å². The summed E-state index contributed by atoms with van der Waals surface area (Å²) in [5.41, 5.74) is 1.52. The average molecular weight is 398 g/mol. The molecule has 0 saturated carbocycles. The molecule has 28 heavy (non-hydrogen) atoms. The Morgan fingerprint density at radius 2 is 1.93 bits per heavy atom. The third kappa shape index (κ3) is 5.05. The zero-order valence-electron chi connectivity index (χ0n) is 16.8. The predicted molar refractivity (Wildman–Crippen MR) is 116 cm³/mol. The SMILES string of the molecule is CC(C)N(CCNC(=O)c1ccc2nc(Nc3ccccn3)sc2c1)C(C)C. The van der Waals surface area contributed by atoms with Crippen molar-refractivity contribution in [2.24, 2.45) is 0 Å². The van der Waals surface area contributed by atoms with Crippen molar-refractivity contribution < 1.29 is 4.79 Å². The van der Waals surface area contributed by atoms with Crippen molar-refractivity contribution in [3.05, 3.63) is 48.2 Å². The Bertz CT molecular complexity index is 915. The zero-order valence-corrected chi connectivity index (χ0v) is 17.6. The van der Waals surface area contributed by atoms with Gasteiger partial charge in [0.1, 0.15) is 5.82 Å². The molecule has 1 aromatic carbocycles. The largest absolute Gasteiger partial charge is 0.351 e. The number of hydrogen-bond donors (Lipinski definition) is 2. The Kier molecular flexibility index (Phi) is 6.59. The van der Waals surface area contributed by atoms with Gasteiger partial charge in [-0.05, 0) is 58.0 Å². The molecule has 0 atom stereocenters. The van der Waals surface area contributed by atoms with E-state index in [9.17, 15) is 4.79 Å². The summed E-state index contributed by atoms with van der Waals surface area (Å²) in [6.07, 6.45) is 1.73. The smallest absolute Gasteiger partial charge is 0.251 e. The quantitative estimate of drug-likeness (QED) is 0.594. The highest BCUT2D eigenvalue weighted by atomic mass is 32.1. The molecular formula is C21H27N5OS. The highest BCUT2D eigenvalue weighted by Gasteiger charge is 2.14. The van der Waals surface area contributed by atoms with E-state index >= 15 is 0 Å². The number of benzene rings is 1. The summed E-state index contributed by atoms with van der Waals surface area (Å²) in [5.74, 6) is 0.696. The summed E-state index contributed by atoms with van der Waals surface area (Å²) < 4.78 is 0.970. The number of thiazole rings is 1. The van der Waals surface area contributed by atoms with E-state index in [1.807, 2.05) is 36.4 Å². The van der Waals surface area contributed by atoms with Crippen molar-refractivity contribution in [3.8, 4) is 0 Å². The first-order valence-electron chi connectivity index (χ1n) is 9.56. The molecule has 7 heteroatoms. The number of anilines is 2. The van der Waals surface area contributed by atoms with Gasteiger partial charge in [0.15, 0.2) is 5.13 Å². The Balaban J connectivity index is 1.64. The fourth-order valence-electron chi connectivity index (χ4n) is 3.18. The van der Waals surface area contributed by atoms with Crippen molar-refractivity contribution in [3.63, 3.8) is 0 Å². The van der Waals surface area contributed by atoms with Gasteiger partial charge in [-0.25, -0.2) is 9.97 Å². The van der Waals surface area contributed by atoms with Crippen LogP contribution >= 0.6 is 11.3 Å². The number of fused-ring (bicyclic) bond motifs is 1. The molecule has 0 aliphatic carbocycles. The maximum absolute atomic E-state index is 12.5. The number of nitrogens with zero attached hydrogens (tertiary/aromatic N) is 3. The van der Waals surface area contributed by atoms with Gasteiger partial charge in [0.05, 0.1) is 10.2 Å². The van der Waals surface area contributed by atoms with E-state index in [2.05, 4.69) is 53.2 Å². The first-order chi connectivity index (χ1) is 13.4. The maximum atomic E-state index is 12.5. The van der Waals surface area contributed by atoms with Crippen LogP contribution in [0.15, 0.2) is 42.6 Å². The molecule has 0 aliphatic heterocycles. The van der Waals surface area contributed by atoms with Crippen LogP contribution in [0.25, 0.3) is 10.2 Å². The van der Waals surface area contributed by atoms with Crippen molar-refractivity contribution in [2.75, 3.05) is 18.4 Å². The fourth-order valence-corrected chi connectivity index (χ4v) is 4.09. The van der Waals surface area contributed by atoms with Crippen LogP contribution in [0.3, 0.4) is 0 Å². The van der Waals surface area contributed by atoms with E-state index in [1.165, 1.54) is 11.3 Å². The first kappa shape index (κ1) is 20.2. The fraction of sp³-hybridized carbons (Fsp3) is 0.381. The Hall–Kier alpha value is -2.51. The topological polar surface area (TPSA) is 70.2 Å². The lowest BCUT2D eigenvalue weighted by Crippen LogP contribution is -2.42. The summed E-state index contributed by atoms with van der Waals surface area (Å²) in [6.45, 7) is 10.2. The predicted octanol–water partition coefficient (Wildman–Crippen LogP) is 4.28. The number of rotatable bonds is 8. The lowest BCUT2D eigenvalue weighted by Gasteiger charge is -2.30. The number of carbonyl (C=O) groups excluding carboxylic acids is 1. The number of nitrogens with one attached hydrogen (secondary N) is 2. The molecule has 2 heterocycles. The van der Waals surface area contributed by atoms with Crippen LogP contribution in [0.2, 0.25) is 0 Å². The molecule has 6 nitrogen and oxygen atoms in total. The highest BCUT2D eigenvalue weighted by Crippen LogP contribution is 2.28. The summed E-state index contributed by atoms with van der Waals surface area (Å²) >= 11 is 1.51. The third-order valence-electron chi connectivity index (χ3n) is 4.53. The molecule has 0 saturated heterocycles. The molecule has 0 fully saturated rings. The van der Waals surface area contributed by atoms with Crippen molar-refractivity contribution >= 4 is 38.4 Å². The van der Waals surface area contributed by atoms with Crippen LogP contribution in [0, 0.1) is 0 Å². The molecule has 0 spiro atoms. The monoisotopic (exact) mass is 397 g/mol. The highest BCUT2D eigenvalue weighted by molar-refractivity contribution is 7.22. The maximum Gasteiger partial charge on any atom is 0.251 e. The van der Waals surface area contributed by atoms with Crippen LogP contribution in [-0.2, 0) is 0 Å². The molecule has 0 aliphatic rings. The van der Waals surface area contributed by atoms with Crippen LogP contribution in [-0.4, -0.2) is 45.9 Å². The molecular weight excluding hydrogens is 370 g/mol. The summed E-state index contributed by atoms with van der Waals surface area (Å²) in [6, 6.07) is 12.2. The minimum absolute atomic E-state index is 0.0537. The lowest BCUT2D eigenvalue weighted by atomic mass is 10.2. The van der Waals surface area contributed by atoms with E-state index in [1.54, 1.807) is 6.20 Å². The Morgan fingerprint density at radius 1 is 1.14 bits per heavy atom. The number of hydrogen-bond acceptors (Lipinski definition) is 6. The Morgan fingerprint density at radius 3 is 2.61 bits per heavy atom. The van der Waals surface area contributed by atoms with Gasteiger partial charge in [-0.15, -0.1) is 0 Å². The minimum atomic E-state index is -0.0537. The molecule has 2 N–H and O–H groups in total. The average Bonchev–Trinajstić information content (AvgIpc) is 3.06. The summed E-state index contributed by atoms with van der Waals surface area (Å²) in [4.78, 5) is 23.7. The lowest BCUT2D eigenvalue weighted by molar-refractivity contribution is 0.0939. The molecule has 0 radical (unpaired) electrons. The van der Waals surface area contributed by atoms with E-state index in [0.717, 1.165) is 27.7 Å². The number of pyridine rings is 1. The van der Waals surface area contributed by atoms with Gasteiger partial charge in [-0.1, -0.05) is 17.4 Å². The van der Waals surface area contributed by atoms with Crippen molar-refractivity contribution in [1.82, 2.24) is 20.2 Å². The van der Waals surface area contributed by atoms with Gasteiger partial charge in [-0.2, -0.15) is 0 Å². The normalized spacial score (nSPS) is 11.5. The zero-order chi connectivity index (χ0) is 20.1. The molecule has 0 bridgehead atoms. The first-order valence-corrected chi connectivity index (χ1v) is 10.4. The van der Waals surface area contributed by atoms with Gasteiger partial charge >= 0.3 is 0 Å². The van der Waals surface area contributed by atoms with Crippen LogP contribution in [0.4, 0.5) is 10.9 Å². The van der Waals surface area contributed by atoms with Crippen LogP contribution in [0.1, 0.15) is 38.1 Å². The van der Waals surface area contributed by atoms with Crippen molar-refractivity contribution in [2.45, 2.75) is 39.8 Å². The van der Waals surface area contributed by atoms with E-state index in [-0.39, 0.29) is 5.91 Å². The third-order valence-corrected chi connectivity index (χ3v) is 5.47. The van der Waals surface area contributed by atoms with E-state index in [0.29, 0.717) is 24.2 Å². The second-order valence-corrected chi connectivity index (χ2v) is 8.25. The molecule has 0 unspecified atom stereocenters. The van der Waals surface area contributed by atoms with E-state index in [4.69, 9.17) is 0 Å². The number of carbonyl (C=O) groups is 1. The van der Waals surface area contributed by atoms with Crippen LogP contribution in [0.5, 0.6) is 0 Å².